The zero-order chi connectivity index (χ0) is 23.4. The molecule has 0 aromatic heterocycles. The van der Waals surface area contributed by atoms with Crippen LogP contribution in [0.25, 0.3) is 0 Å². The van der Waals surface area contributed by atoms with Crippen molar-refractivity contribution in [1.82, 2.24) is 14.5 Å². The second kappa shape index (κ2) is 10.6. The Morgan fingerprint density at radius 2 is 1.82 bits per heavy atom. The van der Waals surface area contributed by atoms with Gasteiger partial charge in [-0.05, 0) is 57.2 Å². The van der Waals surface area contributed by atoms with Gasteiger partial charge in [0.25, 0.3) is 0 Å². The molecule has 1 N–H and O–H groups in total. The summed E-state index contributed by atoms with van der Waals surface area (Å²) >= 11 is 0. The third-order valence-electron chi connectivity index (χ3n) is 7.06. The second-order valence-electron chi connectivity index (χ2n) is 9.67. The van der Waals surface area contributed by atoms with E-state index in [4.69, 9.17) is 9.47 Å². The number of hydrogen-bond acceptors (Lipinski definition) is 6. The highest BCUT2D eigenvalue weighted by molar-refractivity contribution is 7.89. The van der Waals surface area contributed by atoms with E-state index < -0.39 is 10.0 Å². The van der Waals surface area contributed by atoms with Crippen LogP contribution in [0.1, 0.15) is 46.0 Å². The van der Waals surface area contributed by atoms with Crippen LogP contribution in [0, 0.1) is 11.8 Å². The van der Waals surface area contributed by atoms with E-state index in [1.54, 1.807) is 18.2 Å². The van der Waals surface area contributed by atoms with Gasteiger partial charge >= 0.3 is 0 Å². The number of amides is 1. The molecule has 2 atom stereocenters. The van der Waals surface area contributed by atoms with Gasteiger partial charge in [0.1, 0.15) is 0 Å². The molecule has 0 radical (unpaired) electrons. The van der Waals surface area contributed by atoms with E-state index in [1.807, 2.05) is 0 Å². The standard InChI is InChI=1S/C24H37N3O5S/c1-18-5-3-10-26(17-18)19(2)16-25-24(28)20-8-11-27(12-9-20)33(29,30)21-6-7-22-23(15-21)32-14-4-13-31-22/h6-7,15,18-20H,3-5,8-14,16-17H2,1-2H3,(H,25,28). The number of fused-ring (bicyclic) bond motifs is 1. The number of rotatable bonds is 6. The van der Waals surface area contributed by atoms with Crippen molar-refractivity contribution >= 4 is 15.9 Å². The summed E-state index contributed by atoms with van der Waals surface area (Å²) in [6, 6.07) is 5.11. The van der Waals surface area contributed by atoms with Crippen molar-refractivity contribution in [3.63, 3.8) is 0 Å². The molecule has 3 aliphatic rings. The highest BCUT2D eigenvalue weighted by Crippen LogP contribution is 2.33. The van der Waals surface area contributed by atoms with Gasteiger partial charge in [-0.15, -0.1) is 0 Å². The molecule has 2 fully saturated rings. The molecule has 0 saturated carbocycles. The SMILES string of the molecule is CC1CCCN(C(C)CNC(=O)C2CCN(S(=O)(=O)c3ccc4c(c3)OCCCO4)CC2)C1. The second-order valence-corrected chi connectivity index (χ2v) is 11.6. The number of carbonyl (C=O) groups excluding carboxylic acids is 1. The van der Waals surface area contributed by atoms with Gasteiger partial charge in [-0.25, -0.2) is 8.42 Å². The molecule has 33 heavy (non-hydrogen) atoms. The van der Waals surface area contributed by atoms with E-state index in [0.29, 0.717) is 69.1 Å². The molecule has 0 bridgehead atoms. The molecule has 2 saturated heterocycles. The fraction of sp³-hybridized carbons (Fsp3) is 0.708. The molecular formula is C24H37N3O5S. The third kappa shape index (κ3) is 5.81. The summed E-state index contributed by atoms with van der Waals surface area (Å²) in [7, 11) is -3.64. The van der Waals surface area contributed by atoms with Crippen LogP contribution in [0.15, 0.2) is 23.1 Å². The van der Waals surface area contributed by atoms with Gasteiger partial charge in [0.05, 0.1) is 18.1 Å². The van der Waals surface area contributed by atoms with E-state index in [-0.39, 0.29) is 16.7 Å². The molecule has 3 aliphatic heterocycles. The molecular weight excluding hydrogens is 442 g/mol. The van der Waals surface area contributed by atoms with Gasteiger partial charge in [0.15, 0.2) is 11.5 Å². The zero-order valence-electron chi connectivity index (χ0n) is 19.8. The molecule has 0 aliphatic carbocycles. The number of nitrogens with one attached hydrogen (secondary N) is 1. The Bertz CT molecular complexity index is 930. The van der Waals surface area contributed by atoms with Crippen molar-refractivity contribution in [2.75, 3.05) is 45.9 Å². The highest BCUT2D eigenvalue weighted by atomic mass is 32.2. The number of nitrogens with zero attached hydrogens (tertiary/aromatic N) is 2. The van der Waals surface area contributed by atoms with Crippen molar-refractivity contribution in [1.29, 1.82) is 0 Å². The molecule has 4 rings (SSSR count). The largest absolute Gasteiger partial charge is 0.490 e. The molecule has 3 heterocycles. The smallest absolute Gasteiger partial charge is 0.243 e. The summed E-state index contributed by atoms with van der Waals surface area (Å²) in [6.07, 6.45) is 4.33. The summed E-state index contributed by atoms with van der Waals surface area (Å²) in [6.45, 7) is 9.03. The van der Waals surface area contributed by atoms with Gasteiger partial charge < -0.3 is 14.8 Å². The Hall–Kier alpha value is -1.84. The molecule has 184 valence electrons. The predicted octanol–water partition coefficient (Wildman–Crippen LogP) is 2.49. The minimum Gasteiger partial charge on any atom is -0.490 e. The minimum atomic E-state index is -3.64. The lowest BCUT2D eigenvalue weighted by Gasteiger charge is -2.36. The fourth-order valence-electron chi connectivity index (χ4n) is 4.96. The highest BCUT2D eigenvalue weighted by Gasteiger charge is 2.33. The lowest BCUT2D eigenvalue weighted by atomic mass is 9.97. The Kier molecular flexibility index (Phi) is 7.81. The monoisotopic (exact) mass is 479 g/mol. The average molecular weight is 480 g/mol. The number of piperidine rings is 2. The number of likely N-dealkylation sites (tertiary alicyclic amines) is 1. The summed E-state index contributed by atoms with van der Waals surface area (Å²) < 4.78 is 39.1. The van der Waals surface area contributed by atoms with Gasteiger partial charge in [-0.3, -0.25) is 9.69 Å². The number of benzene rings is 1. The lowest BCUT2D eigenvalue weighted by Crippen LogP contribution is -2.48. The molecule has 1 amide bonds. The Balaban J connectivity index is 1.29. The maximum absolute atomic E-state index is 13.2. The van der Waals surface area contributed by atoms with E-state index in [2.05, 4.69) is 24.1 Å². The average Bonchev–Trinajstić information content (AvgIpc) is 3.07. The van der Waals surface area contributed by atoms with Crippen molar-refractivity contribution in [3.8, 4) is 11.5 Å². The van der Waals surface area contributed by atoms with Gasteiger partial charge in [-0.2, -0.15) is 4.31 Å². The molecule has 1 aromatic rings. The van der Waals surface area contributed by atoms with Crippen molar-refractivity contribution in [2.24, 2.45) is 11.8 Å². The van der Waals surface area contributed by atoms with E-state index >= 15 is 0 Å². The van der Waals surface area contributed by atoms with Crippen molar-refractivity contribution in [3.05, 3.63) is 18.2 Å². The molecule has 0 spiro atoms. The maximum Gasteiger partial charge on any atom is 0.243 e. The lowest BCUT2D eigenvalue weighted by molar-refractivity contribution is -0.126. The Labute approximate surface area is 197 Å². The normalized spacial score (nSPS) is 24.1. The number of sulfonamides is 1. The topological polar surface area (TPSA) is 88.2 Å². The quantitative estimate of drug-likeness (QED) is 0.675. The summed E-state index contributed by atoms with van der Waals surface area (Å²) in [5, 5.41) is 3.11. The van der Waals surface area contributed by atoms with Crippen LogP contribution < -0.4 is 14.8 Å². The van der Waals surface area contributed by atoms with E-state index in [9.17, 15) is 13.2 Å². The zero-order valence-corrected chi connectivity index (χ0v) is 20.6. The summed E-state index contributed by atoms with van der Waals surface area (Å²) in [4.78, 5) is 15.4. The first-order chi connectivity index (χ1) is 15.8. The molecule has 8 nitrogen and oxygen atoms in total. The predicted molar refractivity (Wildman–Crippen MR) is 126 cm³/mol. The molecule has 9 heteroatoms. The van der Waals surface area contributed by atoms with Gasteiger partial charge in [0.2, 0.25) is 15.9 Å². The molecule has 1 aromatic carbocycles. The number of ether oxygens (including phenoxy) is 2. The number of hydrogen-bond donors (Lipinski definition) is 1. The van der Waals surface area contributed by atoms with Gasteiger partial charge in [0, 0.05) is 50.6 Å². The van der Waals surface area contributed by atoms with Crippen LogP contribution in [-0.4, -0.2) is 75.5 Å². The summed E-state index contributed by atoms with van der Waals surface area (Å²) in [5.41, 5.74) is 0. The van der Waals surface area contributed by atoms with Gasteiger partial charge in [-0.1, -0.05) is 6.92 Å². The van der Waals surface area contributed by atoms with Crippen LogP contribution >= 0.6 is 0 Å². The Morgan fingerprint density at radius 3 is 2.55 bits per heavy atom. The third-order valence-corrected chi connectivity index (χ3v) is 8.96. The van der Waals surface area contributed by atoms with Crippen molar-refractivity contribution in [2.45, 2.75) is 56.9 Å². The van der Waals surface area contributed by atoms with Crippen LogP contribution in [-0.2, 0) is 14.8 Å². The first-order valence-corrected chi connectivity index (χ1v) is 13.7. The van der Waals surface area contributed by atoms with Crippen LogP contribution in [0.3, 0.4) is 0 Å². The minimum absolute atomic E-state index is 0.0412. The number of carbonyl (C=O) groups is 1. The summed E-state index contributed by atoms with van der Waals surface area (Å²) in [5.74, 6) is 1.66. The van der Waals surface area contributed by atoms with E-state index in [0.717, 1.165) is 19.5 Å². The van der Waals surface area contributed by atoms with Crippen LogP contribution in [0.4, 0.5) is 0 Å². The molecule has 2 unspecified atom stereocenters. The van der Waals surface area contributed by atoms with Crippen LogP contribution in [0.5, 0.6) is 11.5 Å². The first-order valence-electron chi connectivity index (χ1n) is 12.3. The fourth-order valence-corrected chi connectivity index (χ4v) is 6.44. The maximum atomic E-state index is 13.2. The van der Waals surface area contributed by atoms with Crippen molar-refractivity contribution < 1.29 is 22.7 Å². The Morgan fingerprint density at radius 1 is 1.09 bits per heavy atom. The van der Waals surface area contributed by atoms with Crippen LogP contribution in [0.2, 0.25) is 0 Å². The van der Waals surface area contributed by atoms with E-state index in [1.165, 1.54) is 17.1 Å². The first kappa shape index (κ1) is 24.3.